The van der Waals surface area contributed by atoms with Crippen LogP contribution in [0.2, 0.25) is 0 Å². The zero-order valence-electron chi connectivity index (χ0n) is 7.47. The fourth-order valence-electron chi connectivity index (χ4n) is 0.762. The molecule has 2 N–H and O–H groups in total. The van der Waals surface area contributed by atoms with E-state index in [9.17, 15) is 0 Å². The Morgan fingerprint density at radius 3 is 2.56 bits per heavy atom. The normalized spacial score (nSPS) is 9.94. The molecule has 1 heterocycles. The Bertz CT molecular complexity index is 372. The Balaban J connectivity index is 3.00. The summed E-state index contributed by atoms with van der Waals surface area (Å²) in [6.45, 7) is 0. The van der Waals surface area contributed by atoms with Crippen molar-refractivity contribution in [2.45, 2.75) is 0 Å². The third-order valence-electron chi connectivity index (χ3n) is 1.25. The van der Waals surface area contributed by atoms with Gasteiger partial charge in [0.1, 0.15) is 6.26 Å². The second-order valence-corrected chi connectivity index (χ2v) is 4.37. The highest BCUT2D eigenvalue weighted by Gasteiger charge is 2.25. The van der Waals surface area contributed by atoms with Crippen LogP contribution in [0.1, 0.15) is 0 Å². The van der Waals surface area contributed by atoms with E-state index in [0.29, 0.717) is 0 Å². The minimum absolute atomic E-state index is 0.0223. The lowest BCUT2D eigenvalue weighted by Crippen LogP contribution is -2.48. The first-order valence-electron chi connectivity index (χ1n) is 3.59. The molecule has 1 rings (SSSR count). The molecule has 0 saturated carbocycles. The molecule has 0 radical (unpaired) electrons. The number of hydrazine groups is 1. The number of anilines is 1. The molecule has 0 spiro atoms. The van der Waals surface area contributed by atoms with Crippen molar-refractivity contribution in [3.63, 3.8) is 0 Å². The fourth-order valence-corrected chi connectivity index (χ4v) is 1.33. The number of hydrogen-bond acceptors (Lipinski definition) is 7. The number of rotatable bonds is 3. The maximum atomic E-state index is 8.46. The van der Waals surface area contributed by atoms with Gasteiger partial charge in [-0.1, -0.05) is 17.9 Å². The van der Waals surface area contributed by atoms with E-state index in [-0.39, 0.29) is 14.7 Å². The van der Waals surface area contributed by atoms with E-state index >= 15 is 0 Å². The number of hydroxylamine groups is 1. The number of thiocarbonyl (C=S) groups is 2. The van der Waals surface area contributed by atoms with E-state index in [1.54, 1.807) is 0 Å². The summed E-state index contributed by atoms with van der Waals surface area (Å²) >= 11 is 17.4. The van der Waals surface area contributed by atoms with Crippen LogP contribution in [0.15, 0.2) is 16.9 Å². The van der Waals surface area contributed by atoms with Crippen molar-refractivity contribution in [1.29, 1.82) is 0 Å². The minimum atomic E-state index is -0.0591. The zero-order chi connectivity index (χ0) is 12.1. The maximum Gasteiger partial charge on any atom is 0.324 e. The predicted molar refractivity (Wildman–Crippen MR) is 70.0 cm³/mol. The van der Waals surface area contributed by atoms with Gasteiger partial charge in [-0.25, -0.2) is 4.98 Å². The van der Waals surface area contributed by atoms with Gasteiger partial charge in [-0.05, 0) is 12.2 Å². The van der Waals surface area contributed by atoms with Crippen LogP contribution in [0.3, 0.4) is 0 Å². The van der Waals surface area contributed by atoms with Gasteiger partial charge in [0.05, 0.1) is 6.20 Å². The molecule has 0 bridgehead atoms. The third kappa shape index (κ3) is 3.28. The number of nitrogens with one attached hydrogen (secondary N) is 1. The highest BCUT2D eigenvalue weighted by atomic mass is 32.1. The first-order valence-corrected chi connectivity index (χ1v) is 5.30. The van der Waals surface area contributed by atoms with E-state index < -0.39 is 0 Å². The van der Waals surface area contributed by atoms with Gasteiger partial charge in [-0.15, -0.1) is 35.4 Å². The molecule has 16 heavy (non-hydrogen) atoms. The molecule has 0 unspecified atom stereocenters. The van der Waals surface area contributed by atoms with Gasteiger partial charge in [0.15, 0.2) is 8.64 Å². The van der Waals surface area contributed by atoms with Crippen molar-refractivity contribution in [1.82, 2.24) is 15.8 Å². The molecule has 0 fully saturated rings. The van der Waals surface area contributed by atoms with Gasteiger partial charge in [0.2, 0.25) is 0 Å². The summed E-state index contributed by atoms with van der Waals surface area (Å²) < 4.78 is 4.95. The number of aromatic nitrogens is 1. The lowest BCUT2D eigenvalue weighted by molar-refractivity contribution is -0.249. The van der Waals surface area contributed by atoms with Crippen LogP contribution in [-0.4, -0.2) is 24.0 Å². The average molecular weight is 298 g/mol. The van der Waals surface area contributed by atoms with E-state index in [0.717, 1.165) is 10.2 Å². The lowest BCUT2D eigenvalue weighted by Gasteiger charge is -2.28. The Morgan fingerprint density at radius 2 is 2.19 bits per heavy atom. The van der Waals surface area contributed by atoms with Crippen molar-refractivity contribution in [3.8, 4) is 0 Å². The van der Waals surface area contributed by atoms with E-state index in [4.69, 9.17) is 34.1 Å². The van der Waals surface area contributed by atoms with Crippen LogP contribution >= 0.6 is 49.7 Å². The summed E-state index contributed by atoms with van der Waals surface area (Å²) in [6.07, 6.45) is 2.71. The summed E-state index contributed by atoms with van der Waals surface area (Å²) in [5.41, 5.74) is 1.43. The quantitative estimate of drug-likeness (QED) is 0.371. The molecule has 0 aliphatic carbocycles. The van der Waals surface area contributed by atoms with Gasteiger partial charge in [0, 0.05) is 0 Å². The highest BCUT2D eigenvalue weighted by Crippen LogP contribution is 2.17. The third-order valence-corrected chi connectivity index (χ3v) is 1.94. The van der Waals surface area contributed by atoms with E-state index in [1.807, 2.05) is 0 Å². The van der Waals surface area contributed by atoms with Crippen LogP contribution in [0.4, 0.5) is 6.01 Å². The SMILES string of the molecule is ONON(C(=S)S)N(C(=S)S)c1ncco1. The molecule has 1 aromatic heterocycles. The smallest absolute Gasteiger partial charge is 0.324 e. The highest BCUT2D eigenvalue weighted by molar-refractivity contribution is 8.12. The van der Waals surface area contributed by atoms with Crippen molar-refractivity contribution in [2.75, 3.05) is 5.01 Å². The van der Waals surface area contributed by atoms with Gasteiger partial charge in [-0.3, -0.25) is 5.21 Å². The van der Waals surface area contributed by atoms with Crippen LogP contribution in [0.5, 0.6) is 0 Å². The average Bonchev–Trinajstić information content (AvgIpc) is 2.69. The van der Waals surface area contributed by atoms with Crippen LogP contribution in [-0.2, 0) is 4.94 Å². The van der Waals surface area contributed by atoms with E-state index in [2.05, 4.69) is 35.2 Å². The summed E-state index contributed by atoms with van der Waals surface area (Å²) in [6, 6.07) is 0.0478. The van der Waals surface area contributed by atoms with Crippen LogP contribution in [0, 0.1) is 0 Å². The largest absolute Gasteiger partial charge is 0.431 e. The number of oxazole rings is 1. The van der Waals surface area contributed by atoms with Crippen molar-refractivity contribution in [3.05, 3.63) is 12.5 Å². The summed E-state index contributed by atoms with van der Waals surface area (Å²) in [4.78, 5) is 8.38. The monoisotopic (exact) mass is 298 g/mol. The van der Waals surface area contributed by atoms with Gasteiger partial charge in [-0.2, -0.15) is 5.01 Å². The van der Waals surface area contributed by atoms with E-state index in [1.165, 1.54) is 18.1 Å². The topological polar surface area (TPSA) is 74.0 Å². The Kier molecular flexibility index (Phi) is 5.40. The first kappa shape index (κ1) is 13.6. The Morgan fingerprint density at radius 1 is 1.50 bits per heavy atom. The lowest BCUT2D eigenvalue weighted by atomic mass is 10.9. The number of thiol groups is 2. The van der Waals surface area contributed by atoms with Gasteiger partial charge < -0.3 is 4.42 Å². The summed E-state index contributed by atoms with van der Waals surface area (Å²) in [5, 5.41) is 10.3. The minimum Gasteiger partial charge on any atom is -0.431 e. The standard InChI is InChI=1S/C5H6N4O3S4/c10-7-12-9(5(15)16)8(4(13)14)3-6-1-2-11-3/h1-2,7,10H,(H,13,14)(H,15,16). The summed E-state index contributed by atoms with van der Waals surface area (Å²) in [5.74, 6) is 0. The number of nitrogens with zero attached hydrogens (tertiary/aromatic N) is 3. The molecule has 0 aromatic carbocycles. The van der Waals surface area contributed by atoms with Crippen molar-refractivity contribution in [2.24, 2.45) is 0 Å². The van der Waals surface area contributed by atoms with Gasteiger partial charge >= 0.3 is 6.01 Å². The molecule has 88 valence electrons. The van der Waals surface area contributed by atoms with Crippen molar-refractivity contribution < 1.29 is 14.6 Å². The molecule has 0 amide bonds. The second-order valence-electron chi connectivity index (χ2n) is 2.15. The zero-order valence-corrected chi connectivity index (χ0v) is 10.9. The fraction of sp³-hybridized carbons (Fsp3) is 0. The molecule has 0 aliphatic heterocycles. The molecule has 0 aliphatic rings. The first-order chi connectivity index (χ1) is 7.57. The molecule has 11 heteroatoms. The molecular weight excluding hydrogens is 292 g/mol. The molecule has 7 nitrogen and oxygen atoms in total. The molecule has 1 aromatic rings. The Labute approximate surface area is 112 Å². The summed E-state index contributed by atoms with van der Waals surface area (Å²) in [7, 11) is 0. The number of hydrogen-bond donors (Lipinski definition) is 4. The molecule has 0 atom stereocenters. The predicted octanol–water partition coefficient (Wildman–Crippen LogP) is 0.953. The maximum absolute atomic E-state index is 8.46. The van der Waals surface area contributed by atoms with Gasteiger partial charge in [0.25, 0.3) is 0 Å². The van der Waals surface area contributed by atoms with Crippen LogP contribution < -0.4 is 10.7 Å². The molecular formula is C5H6N4O3S4. The second kappa shape index (κ2) is 6.34. The van der Waals surface area contributed by atoms with Crippen molar-refractivity contribution >= 4 is 64.3 Å². The molecule has 0 saturated heterocycles. The van der Waals surface area contributed by atoms with Crippen LogP contribution in [0.25, 0.3) is 0 Å². The Hall–Kier alpha value is -0.430.